The van der Waals surface area contributed by atoms with Crippen molar-refractivity contribution >= 4 is 41.5 Å². The largest absolute Gasteiger partial charge is 0.480 e. The molecule has 4 amide bonds. The van der Waals surface area contributed by atoms with E-state index >= 15 is 0 Å². The summed E-state index contributed by atoms with van der Waals surface area (Å²) in [6.45, 7) is -1.99. The molecule has 0 aliphatic rings. The molecule has 16 nitrogen and oxygen atoms in total. The molecule has 184 valence electrons. The van der Waals surface area contributed by atoms with Gasteiger partial charge >= 0.3 is 11.9 Å². The molecule has 0 saturated heterocycles. The van der Waals surface area contributed by atoms with Gasteiger partial charge in [-0.05, 0) is 12.8 Å². The van der Waals surface area contributed by atoms with E-state index in [1.807, 2.05) is 5.32 Å². The highest BCUT2D eigenvalue weighted by Crippen LogP contribution is 1.99. The quantitative estimate of drug-likeness (QED) is 0.0469. The van der Waals surface area contributed by atoms with Gasteiger partial charge in [-0.25, -0.2) is 4.79 Å². The topological polar surface area (TPSA) is 276 Å². The molecule has 0 saturated carbocycles. The maximum absolute atomic E-state index is 12.1. The van der Waals surface area contributed by atoms with Crippen LogP contribution in [0, 0.1) is 0 Å². The molecule has 0 rings (SSSR count). The Balaban J connectivity index is 4.76. The molecule has 0 aromatic heterocycles. The lowest BCUT2D eigenvalue weighted by Gasteiger charge is -2.16. The van der Waals surface area contributed by atoms with E-state index in [4.69, 9.17) is 26.8 Å². The summed E-state index contributed by atoms with van der Waals surface area (Å²) < 4.78 is 0. The maximum atomic E-state index is 12.1. The monoisotopic (exact) mass is 473 g/mol. The summed E-state index contributed by atoms with van der Waals surface area (Å²) in [6.07, 6.45) is 1.86. The first-order valence-electron chi connectivity index (χ1n) is 9.40. The second-order valence-electron chi connectivity index (χ2n) is 6.31. The minimum Gasteiger partial charge on any atom is -0.480 e. The molecular formula is C17H27N7O9. The van der Waals surface area contributed by atoms with Gasteiger partial charge in [0.25, 0.3) is 0 Å². The summed E-state index contributed by atoms with van der Waals surface area (Å²) in [7, 11) is 0. The lowest BCUT2D eigenvalue weighted by Crippen LogP contribution is -2.47. The average Bonchev–Trinajstić information content (AvgIpc) is 2.74. The first-order valence-corrected chi connectivity index (χ1v) is 9.40. The van der Waals surface area contributed by atoms with Crippen LogP contribution in [0.15, 0.2) is 17.1 Å². The number of carboxylic acid groups (broad SMARTS) is 2. The highest BCUT2D eigenvalue weighted by Gasteiger charge is 2.21. The molecular weight excluding hydrogens is 446 g/mol. The number of hydrogen-bond acceptors (Lipinski definition) is 8. The molecule has 16 heteroatoms. The second-order valence-corrected chi connectivity index (χ2v) is 6.31. The van der Waals surface area contributed by atoms with E-state index in [9.17, 15) is 28.8 Å². The van der Waals surface area contributed by atoms with E-state index in [1.54, 1.807) is 0 Å². The summed E-state index contributed by atoms with van der Waals surface area (Å²) in [5, 5.41) is 34.7. The summed E-state index contributed by atoms with van der Waals surface area (Å²) >= 11 is 0. The van der Waals surface area contributed by atoms with Crippen LogP contribution in [0.5, 0.6) is 0 Å². The van der Waals surface area contributed by atoms with Gasteiger partial charge < -0.3 is 48.1 Å². The number of amides is 4. The number of aliphatic hydroxyl groups is 1. The van der Waals surface area contributed by atoms with Gasteiger partial charge in [-0.3, -0.25) is 29.0 Å². The maximum Gasteiger partial charge on any atom is 0.328 e. The number of hydrogen-bond donors (Lipinski definition) is 9. The average molecular weight is 473 g/mol. The number of carbonyl (C=O) groups is 6. The lowest BCUT2D eigenvalue weighted by atomic mass is 10.1. The number of aliphatic carboxylic acids is 2. The predicted octanol–water partition coefficient (Wildman–Crippen LogP) is -5.04. The number of nitrogens with two attached hydrogens (primary N) is 2. The van der Waals surface area contributed by atoms with Crippen molar-refractivity contribution in [2.75, 3.05) is 26.2 Å². The lowest BCUT2D eigenvalue weighted by molar-refractivity contribution is -0.142. The Morgan fingerprint density at radius 2 is 1.52 bits per heavy atom. The minimum atomic E-state index is -1.54. The van der Waals surface area contributed by atoms with Crippen molar-refractivity contribution in [1.82, 2.24) is 21.3 Å². The number of carbonyl (C=O) groups excluding carboxylic acids is 4. The third-order valence-electron chi connectivity index (χ3n) is 3.62. The van der Waals surface area contributed by atoms with Gasteiger partial charge in [0, 0.05) is 18.7 Å². The van der Waals surface area contributed by atoms with Gasteiger partial charge in [-0.15, -0.1) is 0 Å². The fourth-order valence-corrected chi connectivity index (χ4v) is 2.09. The van der Waals surface area contributed by atoms with Gasteiger partial charge in [0.1, 0.15) is 18.6 Å². The molecule has 0 aromatic rings. The first kappa shape index (κ1) is 28.8. The molecule has 0 spiro atoms. The zero-order valence-electron chi connectivity index (χ0n) is 17.4. The highest BCUT2D eigenvalue weighted by molar-refractivity contribution is 5.99. The molecule has 2 atom stereocenters. The van der Waals surface area contributed by atoms with Crippen molar-refractivity contribution in [2.45, 2.75) is 24.9 Å². The normalized spacial score (nSPS) is 12.2. The van der Waals surface area contributed by atoms with E-state index in [0.29, 0.717) is 0 Å². The summed E-state index contributed by atoms with van der Waals surface area (Å²) in [4.78, 5) is 72.4. The van der Waals surface area contributed by atoms with E-state index in [0.717, 1.165) is 12.2 Å². The van der Waals surface area contributed by atoms with Crippen molar-refractivity contribution in [2.24, 2.45) is 16.5 Å². The molecule has 0 aliphatic carbocycles. The van der Waals surface area contributed by atoms with Crippen LogP contribution < -0.4 is 32.7 Å². The van der Waals surface area contributed by atoms with Gasteiger partial charge in [0.2, 0.25) is 23.6 Å². The Morgan fingerprint density at radius 1 is 0.879 bits per heavy atom. The summed E-state index contributed by atoms with van der Waals surface area (Å²) in [5.74, 6) is -6.32. The Hall–Kier alpha value is -4.21. The number of nitrogens with one attached hydrogen (secondary N) is 4. The fraction of sp³-hybridized carbons (Fsp3) is 0.471. The third-order valence-corrected chi connectivity index (χ3v) is 3.62. The van der Waals surface area contributed by atoms with E-state index in [1.165, 1.54) is 0 Å². The Morgan fingerprint density at radius 3 is 2.06 bits per heavy atom. The molecule has 0 radical (unpaired) electrons. The second kappa shape index (κ2) is 15.6. The predicted molar refractivity (Wildman–Crippen MR) is 111 cm³/mol. The minimum absolute atomic E-state index is 0.0593. The molecule has 33 heavy (non-hydrogen) atoms. The van der Waals surface area contributed by atoms with E-state index in [2.05, 4.69) is 20.9 Å². The highest BCUT2D eigenvalue weighted by atomic mass is 16.4. The molecule has 0 aliphatic heterocycles. The van der Waals surface area contributed by atoms with Crippen LogP contribution in [-0.4, -0.2) is 95.2 Å². The van der Waals surface area contributed by atoms with Crippen LogP contribution in [0.25, 0.3) is 0 Å². The van der Waals surface area contributed by atoms with Crippen molar-refractivity contribution in [3.63, 3.8) is 0 Å². The molecule has 11 N–H and O–H groups in total. The Bertz CT molecular complexity index is 794. The zero-order chi connectivity index (χ0) is 25.4. The molecule has 2 unspecified atom stereocenters. The van der Waals surface area contributed by atoms with Gasteiger partial charge in [-0.1, -0.05) is 0 Å². The van der Waals surface area contributed by atoms with Gasteiger partial charge in [0.05, 0.1) is 13.2 Å². The van der Waals surface area contributed by atoms with Crippen LogP contribution in [-0.2, 0) is 28.8 Å². The van der Waals surface area contributed by atoms with Crippen molar-refractivity contribution in [3.05, 3.63) is 12.2 Å². The standard InChI is InChI=1S/C17H27N7O9/c18-17(19)20-5-1-2-9(15(31)22-7-14(29)30)23-12(27)4-3-11(26)21-6-13(28)24-10(8-25)16(32)33/h3-4,9-10,25H,1-2,5-8H2,(H,21,26)(H,22,31)(H,23,27)(H,24,28)(H,29,30)(H,32,33)(H4,18,19,20)/b4-3-. The Labute approximate surface area is 187 Å². The molecule has 0 heterocycles. The SMILES string of the molecule is NC(N)=NCCCC(NC(=O)/C=C\C(=O)NCC(=O)NC(CO)C(=O)O)C(=O)NCC(=O)O. The van der Waals surface area contributed by atoms with Crippen LogP contribution in [0.4, 0.5) is 0 Å². The van der Waals surface area contributed by atoms with Crippen LogP contribution in [0.2, 0.25) is 0 Å². The van der Waals surface area contributed by atoms with E-state index < -0.39 is 67.3 Å². The molecule has 0 aromatic carbocycles. The number of aliphatic imine (C=N–C) groups is 1. The fourth-order valence-electron chi connectivity index (χ4n) is 2.09. The number of carboxylic acids is 2. The number of aliphatic hydroxyl groups excluding tert-OH is 1. The van der Waals surface area contributed by atoms with Crippen LogP contribution in [0.1, 0.15) is 12.8 Å². The van der Waals surface area contributed by atoms with Crippen LogP contribution in [0.3, 0.4) is 0 Å². The number of guanidine groups is 1. The van der Waals surface area contributed by atoms with Gasteiger partial charge in [-0.2, -0.15) is 0 Å². The number of nitrogens with zero attached hydrogens (tertiary/aromatic N) is 1. The summed E-state index contributed by atoms with van der Waals surface area (Å²) in [6, 6.07) is -2.68. The van der Waals surface area contributed by atoms with Gasteiger partial charge in [0.15, 0.2) is 5.96 Å². The Kier molecular flexibility index (Phi) is 13.6. The van der Waals surface area contributed by atoms with Crippen molar-refractivity contribution in [3.8, 4) is 0 Å². The summed E-state index contributed by atoms with van der Waals surface area (Å²) in [5.41, 5.74) is 10.4. The van der Waals surface area contributed by atoms with Crippen molar-refractivity contribution in [1.29, 1.82) is 0 Å². The van der Waals surface area contributed by atoms with Crippen LogP contribution >= 0.6 is 0 Å². The molecule has 0 fully saturated rings. The smallest absolute Gasteiger partial charge is 0.328 e. The van der Waals surface area contributed by atoms with Crippen molar-refractivity contribution < 1.29 is 44.1 Å². The number of rotatable bonds is 15. The first-order chi connectivity index (χ1) is 15.5. The zero-order valence-corrected chi connectivity index (χ0v) is 17.4. The van der Waals surface area contributed by atoms with E-state index in [-0.39, 0.29) is 25.3 Å². The molecule has 0 bridgehead atoms. The third kappa shape index (κ3) is 14.4.